The molecule has 0 aromatic carbocycles. The zero-order valence-electron chi connectivity index (χ0n) is 8.72. The molecule has 0 atom stereocenters. The highest BCUT2D eigenvalue weighted by molar-refractivity contribution is 6.31. The number of halogens is 1. The summed E-state index contributed by atoms with van der Waals surface area (Å²) in [5.41, 5.74) is 0.239. The van der Waals surface area contributed by atoms with Crippen LogP contribution in [0.1, 0.15) is 25.7 Å². The van der Waals surface area contributed by atoms with Crippen molar-refractivity contribution in [2.45, 2.75) is 31.2 Å². The van der Waals surface area contributed by atoms with E-state index in [1.54, 1.807) is 12.3 Å². The first-order valence-electron chi connectivity index (χ1n) is 5.45. The van der Waals surface area contributed by atoms with Crippen molar-refractivity contribution in [1.29, 1.82) is 0 Å². The van der Waals surface area contributed by atoms with Gasteiger partial charge in [-0.3, -0.25) is 4.79 Å². The van der Waals surface area contributed by atoms with Gasteiger partial charge in [0.05, 0.1) is 10.7 Å². The molecule has 2 N–H and O–H groups in total. The minimum Gasteiger partial charge on any atom is -0.354 e. The Hall–Kier alpha value is -1.29. The molecule has 5 heteroatoms. The van der Waals surface area contributed by atoms with Gasteiger partial charge in [-0.25, -0.2) is 4.98 Å². The lowest BCUT2D eigenvalue weighted by Crippen LogP contribution is -2.50. The minimum absolute atomic E-state index is 0.0431. The Balaban J connectivity index is 2.01. The van der Waals surface area contributed by atoms with E-state index in [9.17, 15) is 4.79 Å². The van der Waals surface area contributed by atoms with Crippen molar-refractivity contribution in [2.75, 3.05) is 10.6 Å². The summed E-state index contributed by atoms with van der Waals surface area (Å²) in [6, 6.07) is 1.72. The third kappa shape index (κ3) is 1.37. The van der Waals surface area contributed by atoms with E-state index in [4.69, 9.17) is 11.6 Å². The second-order valence-electron chi connectivity index (χ2n) is 4.42. The molecule has 1 aliphatic carbocycles. The summed E-state index contributed by atoms with van der Waals surface area (Å²) in [4.78, 5) is 16.3. The van der Waals surface area contributed by atoms with E-state index in [0.29, 0.717) is 10.7 Å². The van der Waals surface area contributed by atoms with Gasteiger partial charge in [0.25, 0.3) is 0 Å². The highest BCUT2D eigenvalue weighted by Crippen LogP contribution is 2.39. The van der Waals surface area contributed by atoms with Crippen molar-refractivity contribution in [2.24, 2.45) is 0 Å². The number of fused-ring (bicyclic) bond motifs is 1. The van der Waals surface area contributed by atoms with Crippen LogP contribution in [0.5, 0.6) is 0 Å². The van der Waals surface area contributed by atoms with Crippen LogP contribution in [0.2, 0.25) is 5.02 Å². The first-order chi connectivity index (χ1) is 7.70. The van der Waals surface area contributed by atoms with E-state index in [0.717, 1.165) is 31.5 Å². The monoisotopic (exact) mass is 237 g/mol. The van der Waals surface area contributed by atoms with Gasteiger partial charge in [0.1, 0.15) is 5.54 Å². The number of hydrogen-bond donors (Lipinski definition) is 2. The number of nitrogens with zero attached hydrogens (tertiary/aromatic N) is 1. The standard InChI is InChI=1S/C11H12ClN3O/c12-7-5-8-9(13-6-7)15-11(10(16)14-8)3-1-2-4-11/h5-6H,1-4H2,(H,13,15)(H,14,16). The van der Waals surface area contributed by atoms with E-state index in [1.807, 2.05) is 0 Å². The maximum absolute atomic E-state index is 12.0. The molecule has 1 spiro atoms. The number of carbonyl (C=O) groups excluding carboxylic acids is 1. The molecule has 3 rings (SSSR count). The van der Waals surface area contributed by atoms with E-state index in [1.165, 1.54) is 0 Å². The number of amides is 1. The Morgan fingerprint density at radius 3 is 2.88 bits per heavy atom. The Morgan fingerprint density at radius 2 is 2.12 bits per heavy atom. The molecule has 16 heavy (non-hydrogen) atoms. The maximum Gasteiger partial charge on any atom is 0.250 e. The number of nitrogens with one attached hydrogen (secondary N) is 2. The number of carbonyl (C=O) groups is 1. The molecule has 1 aromatic rings. The lowest BCUT2D eigenvalue weighted by molar-refractivity contribution is -0.120. The molecule has 1 amide bonds. The maximum atomic E-state index is 12.0. The topological polar surface area (TPSA) is 54.0 Å². The van der Waals surface area contributed by atoms with Gasteiger partial charge in [-0.1, -0.05) is 24.4 Å². The number of pyridine rings is 1. The van der Waals surface area contributed by atoms with Crippen molar-refractivity contribution in [3.05, 3.63) is 17.3 Å². The van der Waals surface area contributed by atoms with Crippen LogP contribution < -0.4 is 10.6 Å². The van der Waals surface area contributed by atoms with Gasteiger partial charge >= 0.3 is 0 Å². The third-order valence-electron chi connectivity index (χ3n) is 3.35. The van der Waals surface area contributed by atoms with Crippen LogP contribution >= 0.6 is 11.6 Å². The number of rotatable bonds is 0. The largest absolute Gasteiger partial charge is 0.354 e. The molecule has 0 radical (unpaired) electrons. The van der Waals surface area contributed by atoms with Crippen molar-refractivity contribution >= 4 is 29.0 Å². The summed E-state index contributed by atoms with van der Waals surface area (Å²) in [7, 11) is 0. The van der Waals surface area contributed by atoms with E-state index < -0.39 is 5.54 Å². The fourth-order valence-corrected chi connectivity index (χ4v) is 2.65. The molecule has 1 aliphatic heterocycles. The van der Waals surface area contributed by atoms with Gasteiger partial charge in [0.2, 0.25) is 5.91 Å². The van der Waals surface area contributed by atoms with Crippen LogP contribution in [0.25, 0.3) is 0 Å². The first-order valence-corrected chi connectivity index (χ1v) is 5.83. The van der Waals surface area contributed by atoms with Crippen molar-refractivity contribution < 1.29 is 4.79 Å². The van der Waals surface area contributed by atoms with Crippen molar-refractivity contribution in [3.63, 3.8) is 0 Å². The molecule has 84 valence electrons. The Bertz CT molecular complexity index is 455. The van der Waals surface area contributed by atoms with Crippen LogP contribution in [0.3, 0.4) is 0 Å². The predicted octanol–water partition coefficient (Wildman–Crippen LogP) is 2.41. The van der Waals surface area contributed by atoms with Gasteiger partial charge in [0.15, 0.2) is 5.82 Å². The average molecular weight is 238 g/mol. The highest BCUT2D eigenvalue weighted by atomic mass is 35.5. The minimum atomic E-state index is -0.437. The molecule has 0 saturated heterocycles. The third-order valence-corrected chi connectivity index (χ3v) is 3.56. The van der Waals surface area contributed by atoms with Gasteiger partial charge in [-0.15, -0.1) is 0 Å². The van der Waals surface area contributed by atoms with Gasteiger partial charge in [-0.2, -0.15) is 0 Å². The smallest absolute Gasteiger partial charge is 0.250 e. The number of aromatic nitrogens is 1. The lowest BCUT2D eigenvalue weighted by Gasteiger charge is -2.34. The second-order valence-corrected chi connectivity index (χ2v) is 4.85. The molecule has 1 saturated carbocycles. The average Bonchev–Trinajstić information content (AvgIpc) is 2.70. The van der Waals surface area contributed by atoms with Gasteiger partial charge < -0.3 is 10.6 Å². The predicted molar refractivity (Wildman–Crippen MR) is 62.7 cm³/mol. The summed E-state index contributed by atoms with van der Waals surface area (Å²) >= 11 is 5.83. The van der Waals surface area contributed by atoms with E-state index in [2.05, 4.69) is 15.6 Å². The molecule has 0 unspecified atom stereocenters. The van der Waals surface area contributed by atoms with E-state index >= 15 is 0 Å². The van der Waals surface area contributed by atoms with E-state index in [-0.39, 0.29) is 5.91 Å². The molecule has 0 bridgehead atoms. The molecular weight excluding hydrogens is 226 g/mol. The second kappa shape index (κ2) is 3.35. The number of anilines is 2. The van der Waals surface area contributed by atoms with Crippen LogP contribution in [0.4, 0.5) is 11.5 Å². The summed E-state index contributed by atoms with van der Waals surface area (Å²) in [5.74, 6) is 0.771. The van der Waals surface area contributed by atoms with Crippen molar-refractivity contribution in [1.82, 2.24) is 4.98 Å². The molecule has 2 heterocycles. The van der Waals surface area contributed by atoms with Crippen LogP contribution in [-0.4, -0.2) is 16.4 Å². The summed E-state index contributed by atoms with van der Waals surface area (Å²) < 4.78 is 0. The first kappa shape index (κ1) is 9.90. The molecule has 1 aromatic heterocycles. The summed E-state index contributed by atoms with van der Waals surface area (Å²) in [6.45, 7) is 0. The molecule has 1 fully saturated rings. The van der Waals surface area contributed by atoms with Crippen molar-refractivity contribution in [3.8, 4) is 0 Å². The number of hydrogen-bond acceptors (Lipinski definition) is 3. The normalized spacial score (nSPS) is 21.4. The SMILES string of the molecule is O=C1Nc2cc(Cl)cnc2NC12CCCC2. The lowest BCUT2D eigenvalue weighted by atomic mass is 9.94. The molecular formula is C11H12ClN3O. The quantitative estimate of drug-likeness (QED) is 0.729. The van der Waals surface area contributed by atoms with Crippen LogP contribution in [0, 0.1) is 0 Å². The Kier molecular flexibility index (Phi) is 2.07. The molecule has 2 aliphatic rings. The Morgan fingerprint density at radius 1 is 1.38 bits per heavy atom. The van der Waals surface area contributed by atoms with Crippen LogP contribution in [-0.2, 0) is 4.79 Å². The summed E-state index contributed by atoms with van der Waals surface area (Å²) in [5, 5.41) is 6.68. The fourth-order valence-electron chi connectivity index (χ4n) is 2.49. The Labute approximate surface area is 98.4 Å². The fraction of sp³-hybridized carbons (Fsp3) is 0.455. The molecule has 4 nitrogen and oxygen atoms in total. The zero-order valence-corrected chi connectivity index (χ0v) is 9.47. The highest BCUT2D eigenvalue weighted by Gasteiger charge is 2.44. The van der Waals surface area contributed by atoms with Crippen LogP contribution in [0.15, 0.2) is 12.3 Å². The van der Waals surface area contributed by atoms with Gasteiger partial charge in [0, 0.05) is 6.20 Å². The van der Waals surface area contributed by atoms with Gasteiger partial charge in [-0.05, 0) is 18.9 Å². The summed E-state index contributed by atoms with van der Waals surface area (Å²) in [6.07, 6.45) is 5.52. The zero-order chi connectivity index (χ0) is 11.2.